The molecule has 1 aliphatic heterocycles. The quantitative estimate of drug-likeness (QED) is 0.481. The third kappa shape index (κ3) is 3.43. The molecule has 1 saturated heterocycles. The number of fused-ring (bicyclic) bond motifs is 1. The number of rotatable bonds is 4. The van der Waals surface area contributed by atoms with Crippen LogP contribution in [0.4, 0.5) is 13.6 Å². The van der Waals surface area contributed by atoms with E-state index in [0.717, 1.165) is 18.9 Å². The molecular weight excluding hydrogens is 432 g/mol. The molecule has 10 heteroatoms. The smallest absolute Gasteiger partial charge is 0.409 e. The zero-order chi connectivity index (χ0) is 23.0. The van der Waals surface area contributed by atoms with Crippen molar-refractivity contribution in [1.82, 2.24) is 24.6 Å². The van der Waals surface area contributed by atoms with Gasteiger partial charge in [-0.15, -0.1) is 0 Å². The summed E-state index contributed by atoms with van der Waals surface area (Å²) >= 11 is 0. The van der Waals surface area contributed by atoms with Crippen LogP contribution in [0.15, 0.2) is 61.2 Å². The molecule has 2 aromatic heterocycles. The fourth-order valence-electron chi connectivity index (χ4n) is 4.38. The first-order valence-electron chi connectivity index (χ1n) is 10.4. The monoisotopic (exact) mass is 451 g/mol. The average molecular weight is 451 g/mol. The van der Waals surface area contributed by atoms with Crippen LogP contribution < -0.4 is 4.74 Å². The lowest BCUT2D eigenvalue weighted by molar-refractivity contribution is 0.0188. The highest BCUT2D eigenvalue weighted by Crippen LogP contribution is 2.41. The Kier molecular flexibility index (Phi) is 5.12. The SMILES string of the molecule is O=C(O)N1CCCCC1(c1ccc(Oc2cccc(F)c2F)cc1)n1ncc2cncnc21. The second kappa shape index (κ2) is 8.12. The molecule has 1 aliphatic rings. The van der Waals surface area contributed by atoms with Crippen molar-refractivity contribution in [3.05, 3.63) is 78.4 Å². The van der Waals surface area contributed by atoms with Crippen molar-refractivity contribution in [2.75, 3.05) is 6.54 Å². The summed E-state index contributed by atoms with van der Waals surface area (Å²) < 4.78 is 34.6. The van der Waals surface area contributed by atoms with Crippen molar-refractivity contribution >= 4 is 17.1 Å². The maximum Gasteiger partial charge on any atom is 0.409 e. The molecule has 0 bridgehead atoms. The fourth-order valence-corrected chi connectivity index (χ4v) is 4.38. The van der Waals surface area contributed by atoms with Gasteiger partial charge in [0.25, 0.3) is 0 Å². The van der Waals surface area contributed by atoms with Crippen LogP contribution in [0.5, 0.6) is 11.5 Å². The average Bonchev–Trinajstić information content (AvgIpc) is 3.27. The highest BCUT2D eigenvalue weighted by Gasteiger charge is 2.47. The number of carboxylic acid groups (broad SMARTS) is 1. The highest BCUT2D eigenvalue weighted by atomic mass is 19.2. The number of halogens is 2. The van der Waals surface area contributed by atoms with Gasteiger partial charge in [0, 0.05) is 18.3 Å². The number of benzene rings is 2. The minimum atomic E-state index is -1.14. The fraction of sp³-hybridized carbons (Fsp3) is 0.217. The summed E-state index contributed by atoms with van der Waals surface area (Å²) in [5, 5.41) is 15.2. The second-order valence-corrected chi connectivity index (χ2v) is 7.74. The lowest BCUT2D eigenvalue weighted by Crippen LogP contribution is -2.56. The third-order valence-corrected chi connectivity index (χ3v) is 5.88. The lowest BCUT2D eigenvalue weighted by Gasteiger charge is -2.46. The molecule has 0 saturated carbocycles. The summed E-state index contributed by atoms with van der Waals surface area (Å²) in [6.07, 6.45) is 5.54. The van der Waals surface area contributed by atoms with Gasteiger partial charge in [-0.3, -0.25) is 4.90 Å². The minimum absolute atomic E-state index is 0.239. The van der Waals surface area contributed by atoms with Gasteiger partial charge in [-0.1, -0.05) is 18.2 Å². The van der Waals surface area contributed by atoms with E-state index in [4.69, 9.17) is 4.74 Å². The zero-order valence-electron chi connectivity index (χ0n) is 17.4. The molecule has 1 atom stereocenters. The van der Waals surface area contributed by atoms with Crippen LogP contribution in [0.1, 0.15) is 24.8 Å². The molecule has 1 fully saturated rings. The molecule has 168 valence electrons. The first-order chi connectivity index (χ1) is 16.0. The topological polar surface area (TPSA) is 93.4 Å². The first kappa shape index (κ1) is 20.8. The van der Waals surface area contributed by atoms with E-state index in [2.05, 4.69) is 15.1 Å². The van der Waals surface area contributed by atoms with Gasteiger partial charge in [0.1, 0.15) is 12.1 Å². The number of carbonyl (C=O) groups is 1. The molecule has 1 unspecified atom stereocenters. The van der Waals surface area contributed by atoms with Crippen LogP contribution >= 0.6 is 0 Å². The summed E-state index contributed by atoms with van der Waals surface area (Å²) in [7, 11) is 0. The van der Waals surface area contributed by atoms with Gasteiger partial charge in [0.15, 0.2) is 22.9 Å². The molecule has 3 heterocycles. The molecule has 0 aliphatic carbocycles. The van der Waals surface area contributed by atoms with Crippen molar-refractivity contribution in [3.63, 3.8) is 0 Å². The second-order valence-electron chi connectivity index (χ2n) is 7.74. The summed E-state index contributed by atoms with van der Waals surface area (Å²) in [6.45, 7) is 0.328. The Morgan fingerprint density at radius 3 is 2.70 bits per heavy atom. The van der Waals surface area contributed by atoms with Crippen LogP contribution in [0.25, 0.3) is 11.0 Å². The van der Waals surface area contributed by atoms with Crippen LogP contribution in [0, 0.1) is 11.6 Å². The molecular formula is C23H19F2N5O3. The molecule has 33 heavy (non-hydrogen) atoms. The Bertz CT molecular complexity index is 1330. The summed E-state index contributed by atoms with van der Waals surface area (Å²) in [4.78, 5) is 22.0. The first-order valence-corrected chi connectivity index (χ1v) is 10.4. The van der Waals surface area contributed by atoms with Gasteiger partial charge in [-0.05, 0) is 43.5 Å². The number of amides is 1. The molecule has 2 aromatic carbocycles. The number of nitrogens with zero attached hydrogens (tertiary/aromatic N) is 5. The minimum Gasteiger partial charge on any atom is -0.465 e. The van der Waals surface area contributed by atoms with Gasteiger partial charge in [0.2, 0.25) is 5.82 Å². The molecule has 0 spiro atoms. The van der Waals surface area contributed by atoms with Gasteiger partial charge in [0.05, 0.1) is 11.6 Å². The van der Waals surface area contributed by atoms with Crippen LogP contribution in [-0.2, 0) is 5.66 Å². The third-order valence-electron chi connectivity index (χ3n) is 5.88. The summed E-state index contributed by atoms with van der Waals surface area (Å²) in [5.74, 6) is -2.04. The predicted octanol–water partition coefficient (Wildman–Crippen LogP) is 4.76. The van der Waals surface area contributed by atoms with E-state index in [1.807, 2.05) is 0 Å². The molecule has 0 radical (unpaired) electrons. The zero-order valence-corrected chi connectivity index (χ0v) is 17.4. The van der Waals surface area contributed by atoms with Crippen LogP contribution in [0.3, 0.4) is 0 Å². The highest BCUT2D eigenvalue weighted by molar-refractivity contribution is 5.74. The number of hydrogen-bond acceptors (Lipinski definition) is 5. The number of hydrogen-bond donors (Lipinski definition) is 1. The maximum absolute atomic E-state index is 14.0. The maximum atomic E-state index is 14.0. The van der Waals surface area contributed by atoms with E-state index >= 15 is 0 Å². The lowest BCUT2D eigenvalue weighted by atomic mass is 9.88. The van der Waals surface area contributed by atoms with E-state index in [-0.39, 0.29) is 11.5 Å². The van der Waals surface area contributed by atoms with Gasteiger partial charge >= 0.3 is 6.09 Å². The Labute approximate surface area is 187 Å². The Balaban J connectivity index is 1.60. The van der Waals surface area contributed by atoms with Crippen LogP contribution in [0.2, 0.25) is 0 Å². The van der Waals surface area contributed by atoms with Crippen LogP contribution in [-0.4, -0.2) is 42.4 Å². The van der Waals surface area contributed by atoms with Gasteiger partial charge in [-0.2, -0.15) is 9.49 Å². The Hall–Kier alpha value is -4.08. The van der Waals surface area contributed by atoms with Crippen molar-refractivity contribution < 1.29 is 23.4 Å². The van der Waals surface area contributed by atoms with E-state index in [1.165, 1.54) is 23.4 Å². The molecule has 5 rings (SSSR count). The predicted molar refractivity (Wildman–Crippen MR) is 114 cm³/mol. The molecule has 4 aromatic rings. The van der Waals surface area contributed by atoms with E-state index in [9.17, 15) is 18.7 Å². The molecule has 1 amide bonds. The summed E-state index contributed by atoms with van der Waals surface area (Å²) in [5.41, 5.74) is 0.0311. The van der Waals surface area contributed by atoms with Gasteiger partial charge in [-0.25, -0.2) is 23.8 Å². The number of aromatic nitrogens is 4. The number of likely N-dealkylation sites (tertiary alicyclic amines) is 1. The largest absolute Gasteiger partial charge is 0.465 e. The number of piperidine rings is 1. The normalized spacial score (nSPS) is 18.4. The standard InChI is InChI=1S/C23H19F2N5O3/c24-18-4-3-5-19(20(18)25)33-17-8-6-16(7-9-17)23(10-1-2-11-29(23)22(31)32)30-21-15(13-28-30)12-26-14-27-21/h3-9,12-14H,1-2,10-11H2,(H,31,32). The van der Waals surface area contributed by atoms with E-state index in [0.29, 0.717) is 29.6 Å². The van der Waals surface area contributed by atoms with E-state index in [1.54, 1.807) is 41.3 Å². The number of ether oxygens (including phenoxy) is 1. The van der Waals surface area contributed by atoms with E-state index < -0.39 is 23.4 Å². The van der Waals surface area contributed by atoms with Crippen molar-refractivity contribution in [2.24, 2.45) is 0 Å². The summed E-state index contributed by atoms with van der Waals surface area (Å²) in [6, 6.07) is 10.3. The molecule has 1 N–H and O–H groups in total. The van der Waals surface area contributed by atoms with Crippen molar-refractivity contribution in [2.45, 2.75) is 24.9 Å². The molecule has 8 nitrogen and oxygen atoms in total. The van der Waals surface area contributed by atoms with Crippen molar-refractivity contribution in [1.29, 1.82) is 0 Å². The van der Waals surface area contributed by atoms with Gasteiger partial charge < -0.3 is 9.84 Å². The Morgan fingerprint density at radius 1 is 1.09 bits per heavy atom. The Morgan fingerprint density at radius 2 is 1.91 bits per heavy atom. The van der Waals surface area contributed by atoms with Crippen molar-refractivity contribution in [3.8, 4) is 11.5 Å².